The number of hydrogen-bond donors (Lipinski definition) is 2. The Morgan fingerprint density at radius 1 is 1.04 bits per heavy atom. The fourth-order valence-corrected chi connectivity index (χ4v) is 4.35. The van der Waals surface area contributed by atoms with Crippen LogP contribution in [0.25, 0.3) is 0 Å². The largest absolute Gasteiger partial charge is 0.418 e. The first kappa shape index (κ1) is 20.5. The molecule has 0 spiro atoms. The topological polar surface area (TPSA) is 50.4 Å². The first-order valence-electron chi connectivity index (χ1n) is 8.91. The molecule has 0 bridgehead atoms. The van der Waals surface area contributed by atoms with Crippen LogP contribution in [0.5, 0.6) is 0 Å². The number of carbonyl (C=O) groups excluding carboxylic acids is 1. The van der Waals surface area contributed by atoms with Crippen LogP contribution in [0.3, 0.4) is 0 Å². The molecule has 1 fully saturated rings. The number of halogens is 3. The molecule has 0 atom stereocenters. The lowest BCUT2D eigenvalue weighted by molar-refractivity contribution is -0.136. The van der Waals surface area contributed by atoms with E-state index in [9.17, 15) is 18.0 Å². The zero-order valence-corrected chi connectivity index (χ0v) is 15.9. The van der Waals surface area contributed by atoms with Crippen molar-refractivity contribution in [2.75, 3.05) is 25.1 Å². The lowest BCUT2D eigenvalue weighted by Crippen LogP contribution is -2.45. The second-order valence-corrected chi connectivity index (χ2v) is 8.10. The van der Waals surface area contributed by atoms with E-state index in [1.54, 1.807) is 11.8 Å². The molecule has 1 aliphatic rings. The third-order valence-electron chi connectivity index (χ3n) is 4.53. The minimum absolute atomic E-state index is 0.260. The summed E-state index contributed by atoms with van der Waals surface area (Å²) in [6.07, 6.45) is -3.05. The number of para-hydroxylation sites is 1. The highest BCUT2D eigenvalue weighted by Gasteiger charge is 2.35. The van der Waals surface area contributed by atoms with Crippen LogP contribution in [-0.4, -0.2) is 30.5 Å². The minimum atomic E-state index is -4.53. The minimum Gasteiger partial charge on any atom is -0.381 e. The zero-order chi connectivity index (χ0) is 20.0. The van der Waals surface area contributed by atoms with Gasteiger partial charge in [-0.15, -0.1) is 11.8 Å². The van der Waals surface area contributed by atoms with Gasteiger partial charge in [0.05, 0.1) is 11.3 Å². The molecule has 3 rings (SSSR count). The van der Waals surface area contributed by atoms with Crippen molar-refractivity contribution in [1.29, 1.82) is 0 Å². The molecular weight excluding hydrogens is 389 g/mol. The van der Waals surface area contributed by atoms with E-state index in [0.29, 0.717) is 19.8 Å². The van der Waals surface area contributed by atoms with Crippen LogP contribution in [-0.2, 0) is 10.9 Å². The van der Waals surface area contributed by atoms with Gasteiger partial charge in [0, 0.05) is 29.4 Å². The Balaban J connectivity index is 1.66. The van der Waals surface area contributed by atoms with Gasteiger partial charge in [0.2, 0.25) is 0 Å². The van der Waals surface area contributed by atoms with E-state index in [4.69, 9.17) is 4.74 Å². The van der Waals surface area contributed by atoms with Gasteiger partial charge >= 0.3 is 12.2 Å². The van der Waals surface area contributed by atoms with E-state index in [1.807, 2.05) is 30.3 Å². The quantitative estimate of drug-likeness (QED) is 0.715. The van der Waals surface area contributed by atoms with Crippen molar-refractivity contribution in [3.05, 3.63) is 60.2 Å². The fraction of sp³-hybridized carbons (Fsp3) is 0.350. The second-order valence-electron chi connectivity index (χ2n) is 6.56. The predicted molar refractivity (Wildman–Crippen MR) is 104 cm³/mol. The van der Waals surface area contributed by atoms with Crippen LogP contribution in [0.4, 0.5) is 23.7 Å². The molecular formula is C20H21F3N2O2S. The summed E-state index contributed by atoms with van der Waals surface area (Å²) in [6.45, 7) is 1.50. The Kier molecular flexibility index (Phi) is 6.51. The lowest BCUT2D eigenvalue weighted by atomic mass is 9.99. The summed E-state index contributed by atoms with van der Waals surface area (Å²) >= 11 is 1.67. The smallest absolute Gasteiger partial charge is 0.381 e. The van der Waals surface area contributed by atoms with E-state index in [-0.39, 0.29) is 10.4 Å². The molecule has 0 aromatic heterocycles. The van der Waals surface area contributed by atoms with Gasteiger partial charge < -0.3 is 15.4 Å². The molecule has 2 N–H and O–H groups in total. The molecule has 28 heavy (non-hydrogen) atoms. The van der Waals surface area contributed by atoms with Crippen LogP contribution in [0.1, 0.15) is 18.4 Å². The molecule has 0 aliphatic carbocycles. The first-order chi connectivity index (χ1) is 13.4. The Labute approximate surface area is 165 Å². The number of nitrogens with one attached hydrogen (secondary N) is 2. The summed E-state index contributed by atoms with van der Waals surface area (Å²) in [5.41, 5.74) is -1.13. The van der Waals surface area contributed by atoms with E-state index >= 15 is 0 Å². The Hall–Kier alpha value is -2.19. The number of ether oxygens (including phenoxy) is 1. The Morgan fingerprint density at radius 3 is 2.36 bits per heavy atom. The molecule has 4 nitrogen and oxygen atoms in total. The highest BCUT2D eigenvalue weighted by atomic mass is 32.2. The molecule has 2 aromatic rings. The van der Waals surface area contributed by atoms with Crippen molar-refractivity contribution in [3.63, 3.8) is 0 Å². The summed E-state index contributed by atoms with van der Waals surface area (Å²) in [5.74, 6) is 0. The molecule has 0 saturated carbocycles. The summed E-state index contributed by atoms with van der Waals surface area (Å²) in [4.78, 5) is 13.4. The van der Waals surface area contributed by atoms with Crippen molar-refractivity contribution >= 4 is 23.5 Å². The van der Waals surface area contributed by atoms with Crippen molar-refractivity contribution < 1.29 is 22.7 Å². The second kappa shape index (κ2) is 8.87. The molecule has 0 unspecified atom stereocenters. The number of hydrogen-bond acceptors (Lipinski definition) is 3. The van der Waals surface area contributed by atoms with Crippen LogP contribution in [0.2, 0.25) is 0 Å². The van der Waals surface area contributed by atoms with E-state index in [0.717, 1.165) is 23.8 Å². The van der Waals surface area contributed by atoms with Gasteiger partial charge in [0.15, 0.2) is 0 Å². The number of carbonyl (C=O) groups is 1. The van der Waals surface area contributed by atoms with Crippen molar-refractivity contribution in [3.8, 4) is 0 Å². The van der Waals surface area contributed by atoms with Gasteiger partial charge in [-0.2, -0.15) is 13.2 Å². The van der Waals surface area contributed by atoms with Crippen molar-refractivity contribution in [2.24, 2.45) is 0 Å². The number of alkyl halides is 3. The number of urea groups is 1. The standard InChI is InChI=1S/C20H21F3N2O2S/c21-20(22,23)16-8-4-5-9-17(16)25-18(26)24-14-19(10-12-27-13-11-19)28-15-6-2-1-3-7-15/h1-9H,10-14H2,(H2,24,25,26). The average molecular weight is 410 g/mol. The fourth-order valence-electron chi connectivity index (χ4n) is 3.04. The van der Waals surface area contributed by atoms with E-state index < -0.39 is 17.8 Å². The van der Waals surface area contributed by atoms with Crippen LogP contribution in [0.15, 0.2) is 59.5 Å². The zero-order valence-electron chi connectivity index (χ0n) is 15.1. The molecule has 150 valence electrons. The van der Waals surface area contributed by atoms with Crippen LogP contribution >= 0.6 is 11.8 Å². The maximum atomic E-state index is 13.1. The predicted octanol–water partition coefficient (Wildman–Crippen LogP) is 5.17. The SMILES string of the molecule is O=C(NCC1(Sc2ccccc2)CCOCC1)Nc1ccccc1C(F)(F)F. The number of rotatable bonds is 5. The maximum absolute atomic E-state index is 13.1. The lowest BCUT2D eigenvalue weighted by Gasteiger charge is -2.36. The number of anilines is 1. The third kappa shape index (κ3) is 5.42. The van der Waals surface area contributed by atoms with Crippen molar-refractivity contribution in [2.45, 2.75) is 28.7 Å². The maximum Gasteiger partial charge on any atom is 0.418 e. The monoisotopic (exact) mass is 410 g/mol. The molecule has 0 radical (unpaired) electrons. The van der Waals surface area contributed by atoms with Gasteiger partial charge in [0.1, 0.15) is 0 Å². The molecule has 8 heteroatoms. The Bertz CT molecular complexity index is 794. The van der Waals surface area contributed by atoms with Gasteiger partial charge in [-0.1, -0.05) is 30.3 Å². The highest BCUT2D eigenvalue weighted by Crippen LogP contribution is 2.40. The number of thioether (sulfide) groups is 1. The summed E-state index contributed by atoms with van der Waals surface area (Å²) in [5, 5.41) is 5.07. The number of amides is 2. The van der Waals surface area contributed by atoms with Gasteiger partial charge in [-0.3, -0.25) is 0 Å². The normalized spacial score (nSPS) is 16.4. The third-order valence-corrected chi connectivity index (χ3v) is 6.03. The molecule has 1 saturated heterocycles. The molecule has 1 heterocycles. The summed E-state index contributed by atoms with van der Waals surface area (Å²) < 4.78 is 44.5. The highest BCUT2D eigenvalue weighted by molar-refractivity contribution is 8.00. The van der Waals surface area contributed by atoms with Gasteiger partial charge in [-0.05, 0) is 37.1 Å². The Morgan fingerprint density at radius 2 is 1.68 bits per heavy atom. The van der Waals surface area contributed by atoms with E-state index in [1.165, 1.54) is 18.2 Å². The van der Waals surface area contributed by atoms with E-state index in [2.05, 4.69) is 10.6 Å². The van der Waals surface area contributed by atoms with Crippen molar-refractivity contribution in [1.82, 2.24) is 5.32 Å². The van der Waals surface area contributed by atoms with Gasteiger partial charge in [-0.25, -0.2) is 4.79 Å². The average Bonchev–Trinajstić information content (AvgIpc) is 2.68. The molecule has 1 aliphatic heterocycles. The number of benzene rings is 2. The first-order valence-corrected chi connectivity index (χ1v) is 9.73. The summed E-state index contributed by atoms with van der Waals surface area (Å²) in [7, 11) is 0. The van der Waals surface area contributed by atoms with Crippen LogP contribution < -0.4 is 10.6 Å². The van der Waals surface area contributed by atoms with Gasteiger partial charge in [0.25, 0.3) is 0 Å². The molecule has 2 aromatic carbocycles. The van der Waals surface area contributed by atoms with Crippen LogP contribution in [0, 0.1) is 0 Å². The summed E-state index contributed by atoms with van der Waals surface area (Å²) in [6, 6.07) is 14.1. The molecule has 2 amide bonds.